The molecular formula is C11H18N2O4. The Morgan fingerprint density at radius 3 is 3.00 bits per heavy atom. The molecule has 6 nitrogen and oxygen atoms in total. The molecule has 1 unspecified atom stereocenters. The van der Waals surface area contributed by atoms with E-state index in [2.05, 4.69) is 11.9 Å². The number of likely N-dealkylation sites (tertiary alicyclic amines) is 1. The van der Waals surface area contributed by atoms with E-state index in [9.17, 15) is 9.59 Å². The van der Waals surface area contributed by atoms with Crippen molar-refractivity contribution < 1.29 is 19.4 Å². The van der Waals surface area contributed by atoms with Crippen molar-refractivity contribution in [2.45, 2.75) is 18.9 Å². The quantitative estimate of drug-likeness (QED) is 0.686. The summed E-state index contributed by atoms with van der Waals surface area (Å²) < 4.78 is 5.48. The molecule has 0 aliphatic carbocycles. The van der Waals surface area contributed by atoms with Gasteiger partial charge in [-0.15, -0.1) is 6.58 Å². The predicted molar refractivity (Wildman–Crippen MR) is 61.8 cm³/mol. The van der Waals surface area contributed by atoms with Gasteiger partial charge in [0.2, 0.25) is 0 Å². The van der Waals surface area contributed by atoms with E-state index in [0.717, 1.165) is 12.8 Å². The molecule has 0 saturated carbocycles. The van der Waals surface area contributed by atoms with Crippen molar-refractivity contribution in [3.8, 4) is 0 Å². The summed E-state index contributed by atoms with van der Waals surface area (Å²) in [6.45, 7) is 4.82. The number of amides is 2. The molecule has 0 spiro atoms. The molecule has 0 bridgehead atoms. The zero-order valence-electron chi connectivity index (χ0n) is 9.72. The van der Waals surface area contributed by atoms with E-state index < -0.39 is 5.97 Å². The molecule has 1 aliphatic rings. The topological polar surface area (TPSA) is 78.9 Å². The highest BCUT2D eigenvalue weighted by molar-refractivity contribution is 5.80. The number of ether oxygens (including phenoxy) is 1. The average Bonchev–Trinajstić information content (AvgIpc) is 2.33. The monoisotopic (exact) mass is 242 g/mol. The lowest BCUT2D eigenvalue weighted by Crippen LogP contribution is -2.48. The molecule has 0 radical (unpaired) electrons. The molecule has 1 saturated heterocycles. The molecule has 0 aromatic rings. The molecule has 2 amide bonds. The number of aliphatic carboxylic acids is 1. The summed E-state index contributed by atoms with van der Waals surface area (Å²) in [6, 6.07) is -0.348. The Labute approximate surface area is 100 Å². The van der Waals surface area contributed by atoms with Gasteiger partial charge in [0.25, 0.3) is 0 Å². The van der Waals surface area contributed by atoms with Crippen LogP contribution in [0.2, 0.25) is 0 Å². The fourth-order valence-electron chi connectivity index (χ4n) is 1.73. The molecule has 1 heterocycles. The van der Waals surface area contributed by atoms with Gasteiger partial charge in [0.05, 0.1) is 12.7 Å². The molecule has 1 atom stereocenters. The van der Waals surface area contributed by atoms with Crippen LogP contribution in [0, 0.1) is 0 Å². The maximum Gasteiger partial charge on any atom is 0.323 e. The number of carbonyl (C=O) groups is 2. The second-order valence-electron chi connectivity index (χ2n) is 3.88. The number of urea groups is 1. The zero-order valence-corrected chi connectivity index (χ0v) is 9.72. The van der Waals surface area contributed by atoms with Crippen LogP contribution in [0.3, 0.4) is 0 Å². The molecule has 1 fully saturated rings. The second kappa shape index (κ2) is 6.90. The van der Waals surface area contributed by atoms with E-state index >= 15 is 0 Å². The first-order valence-corrected chi connectivity index (χ1v) is 5.60. The van der Waals surface area contributed by atoms with E-state index in [1.54, 1.807) is 11.0 Å². The molecule has 0 aromatic carbocycles. The number of hydrogen-bond donors (Lipinski definition) is 2. The highest BCUT2D eigenvalue weighted by atomic mass is 16.5. The van der Waals surface area contributed by atoms with Crippen LogP contribution in [0.15, 0.2) is 12.7 Å². The summed E-state index contributed by atoms with van der Waals surface area (Å²) >= 11 is 0. The molecule has 96 valence electrons. The smallest absolute Gasteiger partial charge is 0.323 e. The van der Waals surface area contributed by atoms with Crippen LogP contribution in [-0.4, -0.2) is 54.4 Å². The Kier molecular flexibility index (Phi) is 5.48. The minimum atomic E-state index is -1.05. The highest BCUT2D eigenvalue weighted by Crippen LogP contribution is 2.13. The van der Waals surface area contributed by atoms with Gasteiger partial charge in [-0.3, -0.25) is 4.79 Å². The number of nitrogens with one attached hydrogen (secondary N) is 1. The van der Waals surface area contributed by atoms with Gasteiger partial charge in [0.15, 0.2) is 0 Å². The van der Waals surface area contributed by atoms with Crippen LogP contribution in [0.5, 0.6) is 0 Å². The summed E-state index contributed by atoms with van der Waals surface area (Å²) in [5, 5.41) is 10.8. The number of carboxylic acids is 1. The van der Waals surface area contributed by atoms with E-state index in [4.69, 9.17) is 9.84 Å². The summed E-state index contributed by atoms with van der Waals surface area (Å²) in [7, 11) is 0. The van der Waals surface area contributed by atoms with Gasteiger partial charge < -0.3 is 20.1 Å². The number of rotatable bonds is 5. The third-order valence-electron chi connectivity index (χ3n) is 2.51. The Morgan fingerprint density at radius 2 is 2.35 bits per heavy atom. The summed E-state index contributed by atoms with van der Waals surface area (Å²) in [5.74, 6) is -1.05. The minimum absolute atomic E-state index is 0.0114. The first kappa shape index (κ1) is 13.5. The third kappa shape index (κ3) is 4.86. The number of carboxylic acid groups (broad SMARTS) is 1. The fraction of sp³-hybridized carbons (Fsp3) is 0.636. The number of piperidine rings is 1. The van der Waals surface area contributed by atoms with Crippen molar-refractivity contribution in [2.24, 2.45) is 0 Å². The van der Waals surface area contributed by atoms with Gasteiger partial charge in [0.1, 0.15) is 6.54 Å². The maximum atomic E-state index is 11.6. The molecule has 17 heavy (non-hydrogen) atoms. The lowest BCUT2D eigenvalue weighted by molar-refractivity contribution is -0.135. The summed E-state index contributed by atoms with van der Waals surface area (Å²) in [4.78, 5) is 23.5. The summed E-state index contributed by atoms with van der Waals surface area (Å²) in [6.07, 6.45) is 3.46. The van der Waals surface area contributed by atoms with Gasteiger partial charge in [-0.05, 0) is 12.8 Å². The second-order valence-corrected chi connectivity index (χ2v) is 3.88. The molecule has 2 N–H and O–H groups in total. The number of nitrogens with zero attached hydrogens (tertiary/aromatic N) is 1. The fourth-order valence-corrected chi connectivity index (χ4v) is 1.73. The van der Waals surface area contributed by atoms with E-state index in [1.165, 1.54) is 0 Å². The molecule has 1 rings (SSSR count). The maximum absolute atomic E-state index is 11.6. The molecule has 0 aromatic heterocycles. The van der Waals surface area contributed by atoms with E-state index in [1.807, 2.05) is 0 Å². The van der Waals surface area contributed by atoms with Crippen molar-refractivity contribution >= 4 is 12.0 Å². The number of carbonyl (C=O) groups excluding carboxylic acids is 1. The Hall–Kier alpha value is -1.56. The Balaban J connectivity index is 2.34. The first-order chi connectivity index (χ1) is 8.13. The van der Waals surface area contributed by atoms with Crippen molar-refractivity contribution in [3.63, 3.8) is 0 Å². The first-order valence-electron chi connectivity index (χ1n) is 5.60. The minimum Gasteiger partial charge on any atom is -0.480 e. The van der Waals surface area contributed by atoms with Crippen molar-refractivity contribution in [2.75, 3.05) is 26.2 Å². The van der Waals surface area contributed by atoms with Gasteiger partial charge in [-0.2, -0.15) is 0 Å². The molecule has 6 heteroatoms. The highest BCUT2D eigenvalue weighted by Gasteiger charge is 2.23. The lowest BCUT2D eigenvalue weighted by Gasteiger charge is -2.32. The van der Waals surface area contributed by atoms with Crippen LogP contribution < -0.4 is 5.32 Å². The van der Waals surface area contributed by atoms with Gasteiger partial charge in [0, 0.05) is 13.1 Å². The van der Waals surface area contributed by atoms with Crippen LogP contribution in [0.25, 0.3) is 0 Å². The van der Waals surface area contributed by atoms with Crippen molar-refractivity contribution in [1.29, 1.82) is 0 Å². The molecule has 1 aliphatic heterocycles. The molecular weight excluding hydrogens is 224 g/mol. The van der Waals surface area contributed by atoms with Crippen LogP contribution in [0.4, 0.5) is 4.79 Å². The van der Waals surface area contributed by atoms with Crippen molar-refractivity contribution in [1.82, 2.24) is 10.2 Å². The zero-order chi connectivity index (χ0) is 12.7. The van der Waals surface area contributed by atoms with Crippen LogP contribution >= 0.6 is 0 Å². The average molecular weight is 242 g/mol. The van der Waals surface area contributed by atoms with Gasteiger partial charge in [-0.25, -0.2) is 4.79 Å². The lowest BCUT2D eigenvalue weighted by atomic mass is 10.1. The van der Waals surface area contributed by atoms with E-state index in [0.29, 0.717) is 19.7 Å². The van der Waals surface area contributed by atoms with Crippen LogP contribution in [-0.2, 0) is 9.53 Å². The standard InChI is InChI=1S/C11H18N2O4/c1-2-6-17-9-4-3-5-13(8-9)11(16)12-7-10(14)15/h2,9H,1,3-8H2,(H,12,16)(H,14,15). The Morgan fingerprint density at radius 1 is 1.59 bits per heavy atom. The number of hydrogen-bond acceptors (Lipinski definition) is 3. The normalized spacial score (nSPS) is 19.8. The SMILES string of the molecule is C=CCOC1CCCN(C(=O)NCC(=O)O)C1. The van der Waals surface area contributed by atoms with Crippen molar-refractivity contribution in [3.05, 3.63) is 12.7 Å². The summed E-state index contributed by atoms with van der Waals surface area (Å²) in [5.41, 5.74) is 0. The predicted octanol–water partition coefficient (Wildman–Crippen LogP) is 0.448. The third-order valence-corrected chi connectivity index (χ3v) is 2.51. The van der Waals surface area contributed by atoms with Gasteiger partial charge in [-0.1, -0.05) is 6.08 Å². The van der Waals surface area contributed by atoms with Crippen LogP contribution in [0.1, 0.15) is 12.8 Å². The Bertz CT molecular complexity index is 293. The van der Waals surface area contributed by atoms with E-state index in [-0.39, 0.29) is 18.7 Å². The largest absolute Gasteiger partial charge is 0.480 e. The van der Waals surface area contributed by atoms with Gasteiger partial charge >= 0.3 is 12.0 Å².